The lowest BCUT2D eigenvalue weighted by molar-refractivity contribution is 0.199. The van der Waals surface area contributed by atoms with Crippen LogP contribution in [0.3, 0.4) is 0 Å². The summed E-state index contributed by atoms with van der Waals surface area (Å²) in [5.41, 5.74) is 1.08. The van der Waals surface area contributed by atoms with Gasteiger partial charge in [-0.05, 0) is 26.9 Å². The third-order valence-corrected chi connectivity index (χ3v) is 4.88. The largest absolute Gasteiger partial charge is 0.357 e. The van der Waals surface area contributed by atoms with E-state index in [9.17, 15) is 0 Å². The third-order valence-electron chi connectivity index (χ3n) is 4.24. The fourth-order valence-electron chi connectivity index (χ4n) is 2.80. The van der Waals surface area contributed by atoms with Crippen molar-refractivity contribution in [3.8, 4) is 11.4 Å². The van der Waals surface area contributed by atoms with Gasteiger partial charge in [0.15, 0.2) is 5.82 Å². The van der Waals surface area contributed by atoms with Gasteiger partial charge >= 0.3 is 0 Å². The van der Waals surface area contributed by atoms with E-state index in [0.717, 1.165) is 42.7 Å². The summed E-state index contributed by atoms with van der Waals surface area (Å²) in [6, 6.07) is 10.7. The summed E-state index contributed by atoms with van der Waals surface area (Å²) in [5.74, 6) is 0.821. The van der Waals surface area contributed by atoms with Crippen LogP contribution in [0.5, 0.6) is 0 Å². The third kappa shape index (κ3) is 4.73. The smallest absolute Gasteiger partial charge is 0.203 e. The number of nitrogens with one attached hydrogen (secondary N) is 1. The molecule has 0 aliphatic carbocycles. The first-order valence-electron chi connectivity index (χ1n) is 8.23. The highest BCUT2D eigenvalue weighted by atomic mass is 32.1. The number of hydrogen-bond donors (Lipinski definition) is 1. The Morgan fingerprint density at radius 2 is 1.96 bits per heavy atom. The van der Waals surface area contributed by atoms with Gasteiger partial charge in [-0.2, -0.15) is 9.36 Å². The quantitative estimate of drug-likeness (QED) is 0.881. The summed E-state index contributed by atoms with van der Waals surface area (Å²) in [7, 11) is 4.27. The number of likely N-dealkylation sites (N-methyl/N-ethyl adjacent to an activating group) is 1. The Labute approximate surface area is 142 Å². The molecule has 0 bridgehead atoms. The maximum absolute atomic E-state index is 4.63. The lowest BCUT2D eigenvalue weighted by Gasteiger charge is -2.32. The predicted octanol–water partition coefficient (Wildman–Crippen LogP) is 2.64. The predicted molar refractivity (Wildman–Crippen MR) is 97.0 cm³/mol. The first-order chi connectivity index (χ1) is 11.2. The molecule has 6 heteroatoms. The van der Waals surface area contributed by atoms with Gasteiger partial charge in [-0.1, -0.05) is 30.3 Å². The zero-order chi connectivity index (χ0) is 16.1. The number of rotatable bonds is 6. The highest BCUT2D eigenvalue weighted by molar-refractivity contribution is 7.09. The van der Waals surface area contributed by atoms with E-state index in [0.29, 0.717) is 6.04 Å². The van der Waals surface area contributed by atoms with Gasteiger partial charge in [0, 0.05) is 49.3 Å². The Hall–Kier alpha value is -1.50. The molecule has 23 heavy (non-hydrogen) atoms. The van der Waals surface area contributed by atoms with Crippen molar-refractivity contribution >= 4 is 16.7 Å². The molecule has 1 fully saturated rings. The van der Waals surface area contributed by atoms with Crippen molar-refractivity contribution in [3.05, 3.63) is 30.3 Å². The second kappa shape index (κ2) is 7.86. The summed E-state index contributed by atoms with van der Waals surface area (Å²) in [6.45, 7) is 4.62. The molecule has 5 nitrogen and oxygen atoms in total. The van der Waals surface area contributed by atoms with Crippen LogP contribution in [0.15, 0.2) is 30.3 Å². The molecule has 3 rings (SSSR count). The monoisotopic (exact) mass is 331 g/mol. The molecule has 0 unspecified atom stereocenters. The SMILES string of the molecule is CN(C)CCN1CCC(Nc2nc(-c3ccccc3)ns2)CC1. The average molecular weight is 331 g/mol. The van der Waals surface area contributed by atoms with Crippen molar-refractivity contribution in [3.63, 3.8) is 0 Å². The van der Waals surface area contributed by atoms with Gasteiger partial charge in [-0.15, -0.1) is 0 Å². The number of hydrogen-bond acceptors (Lipinski definition) is 6. The minimum atomic E-state index is 0.516. The van der Waals surface area contributed by atoms with Crippen molar-refractivity contribution in [2.24, 2.45) is 0 Å². The maximum Gasteiger partial charge on any atom is 0.203 e. The van der Waals surface area contributed by atoms with Crippen LogP contribution in [0.2, 0.25) is 0 Å². The van der Waals surface area contributed by atoms with Crippen LogP contribution in [0.4, 0.5) is 5.13 Å². The zero-order valence-corrected chi connectivity index (χ0v) is 14.7. The van der Waals surface area contributed by atoms with Crippen molar-refractivity contribution in [2.45, 2.75) is 18.9 Å². The van der Waals surface area contributed by atoms with E-state index in [-0.39, 0.29) is 0 Å². The lowest BCUT2D eigenvalue weighted by atomic mass is 10.1. The molecule has 1 aromatic heterocycles. The molecule has 0 saturated carbocycles. The first kappa shape index (κ1) is 16.4. The standard InChI is InChI=1S/C17H25N5S/c1-21(2)12-13-22-10-8-15(9-11-22)18-17-19-16(20-23-17)14-6-4-3-5-7-14/h3-7,15H,8-13H2,1-2H3,(H,18,19,20). The van der Waals surface area contributed by atoms with E-state index in [1.54, 1.807) is 0 Å². The Bertz CT molecular complexity index is 590. The highest BCUT2D eigenvalue weighted by Gasteiger charge is 2.20. The molecule has 0 radical (unpaired) electrons. The molecule has 1 aromatic carbocycles. The van der Waals surface area contributed by atoms with Crippen molar-refractivity contribution in [1.29, 1.82) is 0 Å². The van der Waals surface area contributed by atoms with Crippen LogP contribution in [0.25, 0.3) is 11.4 Å². The summed E-state index contributed by atoms with van der Waals surface area (Å²) < 4.78 is 4.47. The fourth-order valence-corrected chi connectivity index (χ4v) is 3.47. The number of piperidine rings is 1. The van der Waals surface area contributed by atoms with Gasteiger partial charge < -0.3 is 15.1 Å². The molecular formula is C17H25N5S. The molecule has 0 spiro atoms. The van der Waals surface area contributed by atoms with Gasteiger partial charge in [0.25, 0.3) is 0 Å². The number of likely N-dealkylation sites (tertiary alicyclic amines) is 1. The summed E-state index contributed by atoms with van der Waals surface area (Å²) in [4.78, 5) is 9.43. The molecule has 1 aliphatic rings. The number of nitrogens with zero attached hydrogens (tertiary/aromatic N) is 4. The van der Waals surface area contributed by atoms with Crippen molar-refractivity contribution in [1.82, 2.24) is 19.2 Å². The second-order valence-corrected chi connectivity index (χ2v) is 7.10. The van der Waals surface area contributed by atoms with E-state index in [2.05, 4.69) is 50.7 Å². The molecule has 2 aromatic rings. The van der Waals surface area contributed by atoms with Crippen LogP contribution < -0.4 is 5.32 Å². The minimum absolute atomic E-state index is 0.516. The molecule has 0 atom stereocenters. The Kier molecular flexibility index (Phi) is 5.59. The molecule has 124 valence electrons. The number of benzene rings is 1. The second-order valence-electron chi connectivity index (χ2n) is 6.35. The number of aromatic nitrogens is 2. The van der Waals surface area contributed by atoms with Crippen molar-refractivity contribution < 1.29 is 0 Å². The van der Waals surface area contributed by atoms with Crippen molar-refractivity contribution in [2.75, 3.05) is 45.6 Å². The number of anilines is 1. The summed E-state index contributed by atoms with van der Waals surface area (Å²) in [6.07, 6.45) is 2.35. The van der Waals surface area contributed by atoms with E-state index in [1.807, 2.05) is 18.2 Å². The molecular weight excluding hydrogens is 306 g/mol. The van der Waals surface area contributed by atoms with Gasteiger partial charge in [0.1, 0.15) is 0 Å². The van der Waals surface area contributed by atoms with Gasteiger partial charge in [-0.3, -0.25) is 0 Å². The Morgan fingerprint density at radius 1 is 1.22 bits per heavy atom. The van der Waals surface area contributed by atoms with Gasteiger partial charge in [-0.25, -0.2) is 0 Å². The minimum Gasteiger partial charge on any atom is -0.357 e. The van der Waals surface area contributed by atoms with Crippen LogP contribution in [-0.2, 0) is 0 Å². The molecule has 1 aliphatic heterocycles. The van der Waals surface area contributed by atoms with Gasteiger partial charge in [0.05, 0.1) is 0 Å². The van der Waals surface area contributed by atoms with Crippen LogP contribution in [0.1, 0.15) is 12.8 Å². The fraction of sp³-hybridized carbons (Fsp3) is 0.529. The van der Waals surface area contributed by atoms with Crippen LogP contribution in [-0.4, -0.2) is 65.5 Å². The highest BCUT2D eigenvalue weighted by Crippen LogP contribution is 2.23. The van der Waals surface area contributed by atoms with Crippen LogP contribution >= 0.6 is 11.5 Å². The van der Waals surface area contributed by atoms with E-state index in [1.165, 1.54) is 24.4 Å². The molecule has 0 amide bonds. The molecule has 1 N–H and O–H groups in total. The lowest BCUT2D eigenvalue weighted by Crippen LogP contribution is -2.41. The average Bonchev–Trinajstić information content (AvgIpc) is 3.03. The summed E-state index contributed by atoms with van der Waals surface area (Å²) >= 11 is 1.46. The summed E-state index contributed by atoms with van der Waals surface area (Å²) in [5, 5.41) is 4.50. The zero-order valence-electron chi connectivity index (χ0n) is 13.9. The Morgan fingerprint density at radius 3 is 2.65 bits per heavy atom. The van der Waals surface area contributed by atoms with Gasteiger partial charge in [0.2, 0.25) is 5.13 Å². The van der Waals surface area contributed by atoms with E-state index < -0.39 is 0 Å². The Balaban J connectivity index is 1.49. The topological polar surface area (TPSA) is 44.3 Å². The molecule has 2 heterocycles. The van der Waals surface area contributed by atoms with E-state index in [4.69, 9.17) is 0 Å². The first-order valence-corrected chi connectivity index (χ1v) is 9.01. The maximum atomic E-state index is 4.63. The van der Waals surface area contributed by atoms with E-state index >= 15 is 0 Å². The molecule has 1 saturated heterocycles. The van der Waals surface area contributed by atoms with Crippen LogP contribution in [0, 0.1) is 0 Å². The normalized spacial score (nSPS) is 16.8.